The average molecular weight is 332 g/mol. The number of hydrogen-bond acceptors (Lipinski definition) is 5. The highest BCUT2D eigenvalue weighted by molar-refractivity contribution is 5.35. The standard InChI is InChI=1S/C17H24N4O3/c1-4-6-16(13-7-5-8-15(9-13)21(23)24)18-12-17(2,22)14-10-19-20(3)11-14/h5,7-11,16,18,22H,4,6,12H2,1-3H3. The zero-order chi connectivity index (χ0) is 17.7. The van der Waals surface area contributed by atoms with Crippen molar-refractivity contribution in [2.75, 3.05) is 6.54 Å². The number of aliphatic hydroxyl groups is 1. The summed E-state index contributed by atoms with van der Waals surface area (Å²) in [6.07, 6.45) is 5.17. The van der Waals surface area contributed by atoms with Crippen LogP contribution in [-0.4, -0.2) is 26.4 Å². The van der Waals surface area contributed by atoms with E-state index in [0.29, 0.717) is 6.54 Å². The summed E-state index contributed by atoms with van der Waals surface area (Å²) in [5.74, 6) is 0. The van der Waals surface area contributed by atoms with Crippen LogP contribution in [0.15, 0.2) is 36.7 Å². The van der Waals surface area contributed by atoms with Crippen LogP contribution in [-0.2, 0) is 12.6 Å². The van der Waals surface area contributed by atoms with Gasteiger partial charge in [0.05, 0.1) is 11.1 Å². The van der Waals surface area contributed by atoms with E-state index in [9.17, 15) is 15.2 Å². The van der Waals surface area contributed by atoms with Gasteiger partial charge < -0.3 is 10.4 Å². The minimum Gasteiger partial charge on any atom is -0.384 e. The van der Waals surface area contributed by atoms with Crippen molar-refractivity contribution < 1.29 is 10.0 Å². The molecule has 2 N–H and O–H groups in total. The highest BCUT2D eigenvalue weighted by atomic mass is 16.6. The normalized spacial score (nSPS) is 15.0. The molecule has 2 rings (SSSR count). The topological polar surface area (TPSA) is 93.2 Å². The molecule has 7 nitrogen and oxygen atoms in total. The molecule has 2 aromatic rings. The number of aromatic nitrogens is 2. The second-order valence-corrected chi connectivity index (χ2v) is 6.25. The van der Waals surface area contributed by atoms with Crippen LogP contribution < -0.4 is 5.32 Å². The molecule has 0 bridgehead atoms. The highest BCUT2D eigenvalue weighted by Crippen LogP contribution is 2.25. The van der Waals surface area contributed by atoms with Gasteiger partial charge in [0.2, 0.25) is 0 Å². The Labute approximate surface area is 141 Å². The fourth-order valence-electron chi connectivity index (χ4n) is 2.65. The molecule has 24 heavy (non-hydrogen) atoms. The number of nitrogens with one attached hydrogen (secondary N) is 1. The highest BCUT2D eigenvalue weighted by Gasteiger charge is 2.26. The van der Waals surface area contributed by atoms with E-state index in [1.165, 1.54) is 6.07 Å². The Morgan fingerprint density at radius 2 is 2.25 bits per heavy atom. The molecule has 0 aliphatic rings. The fraction of sp³-hybridized carbons (Fsp3) is 0.471. The molecule has 0 saturated heterocycles. The summed E-state index contributed by atoms with van der Waals surface area (Å²) in [6, 6.07) is 6.58. The van der Waals surface area contributed by atoms with Crippen LogP contribution in [0.25, 0.3) is 0 Å². The molecular weight excluding hydrogens is 308 g/mol. The van der Waals surface area contributed by atoms with Gasteiger partial charge in [-0.25, -0.2) is 0 Å². The van der Waals surface area contributed by atoms with Crippen molar-refractivity contribution in [2.24, 2.45) is 7.05 Å². The number of nitro benzene ring substituents is 1. The van der Waals surface area contributed by atoms with Gasteiger partial charge in [-0.15, -0.1) is 0 Å². The summed E-state index contributed by atoms with van der Waals surface area (Å²) in [7, 11) is 1.80. The van der Waals surface area contributed by atoms with Crippen molar-refractivity contribution >= 4 is 5.69 Å². The molecule has 0 radical (unpaired) electrons. The van der Waals surface area contributed by atoms with Crippen LogP contribution in [0.3, 0.4) is 0 Å². The number of non-ortho nitro benzene ring substituents is 1. The van der Waals surface area contributed by atoms with E-state index in [1.807, 2.05) is 6.07 Å². The second kappa shape index (κ2) is 7.55. The molecule has 2 atom stereocenters. The van der Waals surface area contributed by atoms with Crippen LogP contribution in [0.4, 0.5) is 5.69 Å². The molecule has 0 aliphatic heterocycles. The lowest BCUT2D eigenvalue weighted by Crippen LogP contribution is -2.37. The van der Waals surface area contributed by atoms with Crippen molar-refractivity contribution in [2.45, 2.75) is 38.3 Å². The fourth-order valence-corrected chi connectivity index (χ4v) is 2.65. The Hall–Kier alpha value is -2.25. The van der Waals surface area contributed by atoms with Gasteiger partial charge in [-0.05, 0) is 18.9 Å². The average Bonchev–Trinajstić information content (AvgIpc) is 2.99. The van der Waals surface area contributed by atoms with Crippen molar-refractivity contribution in [3.63, 3.8) is 0 Å². The molecular formula is C17H24N4O3. The lowest BCUT2D eigenvalue weighted by Gasteiger charge is -2.26. The molecule has 7 heteroatoms. The number of rotatable bonds is 8. The van der Waals surface area contributed by atoms with E-state index in [4.69, 9.17) is 0 Å². The predicted octanol–water partition coefficient (Wildman–Crippen LogP) is 2.67. The molecule has 0 saturated carbocycles. The molecule has 0 fully saturated rings. The first-order valence-electron chi connectivity index (χ1n) is 8.02. The zero-order valence-corrected chi connectivity index (χ0v) is 14.3. The van der Waals surface area contributed by atoms with Gasteiger partial charge in [0.25, 0.3) is 5.69 Å². The molecule has 2 unspecified atom stereocenters. The third-order valence-corrected chi connectivity index (χ3v) is 4.08. The molecule has 0 amide bonds. The van der Waals surface area contributed by atoms with Gasteiger partial charge >= 0.3 is 0 Å². The first kappa shape index (κ1) is 18.1. The van der Waals surface area contributed by atoms with E-state index < -0.39 is 10.5 Å². The van der Waals surface area contributed by atoms with Crippen molar-refractivity contribution in [1.29, 1.82) is 0 Å². The van der Waals surface area contributed by atoms with E-state index in [0.717, 1.165) is 24.0 Å². The summed E-state index contributed by atoms with van der Waals surface area (Å²) in [5, 5.41) is 29.1. The molecule has 1 aromatic heterocycles. The summed E-state index contributed by atoms with van der Waals surface area (Å²) in [6.45, 7) is 4.12. The third-order valence-electron chi connectivity index (χ3n) is 4.08. The predicted molar refractivity (Wildman–Crippen MR) is 91.5 cm³/mol. The number of aryl methyl sites for hydroxylation is 1. The van der Waals surface area contributed by atoms with Crippen LogP contribution in [0.5, 0.6) is 0 Å². The first-order valence-corrected chi connectivity index (χ1v) is 8.02. The maximum absolute atomic E-state index is 11.0. The Morgan fingerprint density at radius 1 is 1.50 bits per heavy atom. The molecule has 1 aromatic carbocycles. The Balaban J connectivity index is 2.14. The van der Waals surface area contributed by atoms with E-state index >= 15 is 0 Å². The van der Waals surface area contributed by atoms with E-state index in [1.54, 1.807) is 43.2 Å². The number of hydrogen-bond donors (Lipinski definition) is 2. The molecule has 1 heterocycles. The lowest BCUT2D eigenvalue weighted by molar-refractivity contribution is -0.384. The first-order chi connectivity index (χ1) is 11.3. The van der Waals surface area contributed by atoms with Gasteiger partial charge in [0.15, 0.2) is 0 Å². The third kappa shape index (κ3) is 4.39. The zero-order valence-electron chi connectivity index (χ0n) is 14.3. The number of nitro groups is 1. The monoisotopic (exact) mass is 332 g/mol. The minimum absolute atomic E-state index is 0.0574. The number of nitrogens with zero attached hydrogens (tertiary/aromatic N) is 3. The van der Waals surface area contributed by atoms with Gasteiger partial charge in [0.1, 0.15) is 5.60 Å². The summed E-state index contributed by atoms with van der Waals surface area (Å²) < 4.78 is 1.65. The Morgan fingerprint density at radius 3 is 2.83 bits per heavy atom. The SMILES string of the molecule is CCCC(NCC(C)(O)c1cnn(C)c1)c1cccc([N+](=O)[O-])c1. The van der Waals surface area contributed by atoms with Crippen molar-refractivity contribution in [3.05, 3.63) is 57.9 Å². The Bertz CT molecular complexity index is 697. The quantitative estimate of drug-likeness (QED) is 0.572. The summed E-state index contributed by atoms with van der Waals surface area (Å²) in [4.78, 5) is 10.6. The van der Waals surface area contributed by atoms with Crippen molar-refractivity contribution in [1.82, 2.24) is 15.1 Å². The maximum atomic E-state index is 11.0. The molecule has 130 valence electrons. The molecule has 0 spiro atoms. The van der Waals surface area contributed by atoms with Gasteiger partial charge in [0, 0.05) is 43.5 Å². The van der Waals surface area contributed by atoms with E-state index in [-0.39, 0.29) is 11.7 Å². The van der Waals surface area contributed by atoms with Crippen LogP contribution in [0.2, 0.25) is 0 Å². The number of benzene rings is 1. The largest absolute Gasteiger partial charge is 0.384 e. The smallest absolute Gasteiger partial charge is 0.269 e. The molecule has 0 aliphatic carbocycles. The van der Waals surface area contributed by atoms with Crippen LogP contribution in [0, 0.1) is 10.1 Å². The van der Waals surface area contributed by atoms with Gasteiger partial charge in [-0.3, -0.25) is 14.8 Å². The summed E-state index contributed by atoms with van der Waals surface area (Å²) >= 11 is 0. The van der Waals surface area contributed by atoms with Gasteiger partial charge in [-0.1, -0.05) is 25.5 Å². The van der Waals surface area contributed by atoms with E-state index in [2.05, 4.69) is 17.3 Å². The van der Waals surface area contributed by atoms with Crippen molar-refractivity contribution in [3.8, 4) is 0 Å². The lowest BCUT2D eigenvalue weighted by atomic mass is 9.96. The van der Waals surface area contributed by atoms with Gasteiger partial charge in [-0.2, -0.15) is 5.10 Å². The van der Waals surface area contributed by atoms with Crippen LogP contribution >= 0.6 is 0 Å². The second-order valence-electron chi connectivity index (χ2n) is 6.25. The minimum atomic E-state index is -1.07. The van der Waals surface area contributed by atoms with Crippen LogP contribution in [0.1, 0.15) is 43.9 Å². The maximum Gasteiger partial charge on any atom is 0.269 e. The summed E-state index contributed by atoms with van der Waals surface area (Å²) in [5.41, 5.74) is 0.593. The Kier molecular flexibility index (Phi) is 5.69.